The number of nitrogens with one attached hydrogen (secondary N) is 2. The van der Waals surface area contributed by atoms with Gasteiger partial charge in [-0.25, -0.2) is 0 Å². The number of thioether (sulfide) groups is 1. The van der Waals surface area contributed by atoms with E-state index in [1.165, 1.54) is 17.3 Å². The minimum absolute atomic E-state index is 0.106. The molecule has 0 saturated carbocycles. The Kier molecular flexibility index (Phi) is 7.49. The zero-order chi connectivity index (χ0) is 23.9. The third-order valence-corrected chi connectivity index (χ3v) is 6.24. The molecule has 1 atom stereocenters. The van der Waals surface area contributed by atoms with E-state index in [-0.39, 0.29) is 17.7 Å². The van der Waals surface area contributed by atoms with Gasteiger partial charge in [0.2, 0.25) is 5.91 Å². The van der Waals surface area contributed by atoms with Gasteiger partial charge in [-0.1, -0.05) is 42.1 Å². The van der Waals surface area contributed by atoms with E-state index in [0.29, 0.717) is 5.16 Å². The van der Waals surface area contributed by atoms with Crippen LogP contribution in [0.3, 0.4) is 0 Å². The van der Waals surface area contributed by atoms with E-state index in [2.05, 4.69) is 39.9 Å². The monoisotopic (exact) mass is 473 g/mol. The second-order valence-corrected chi connectivity index (χ2v) is 8.70. The maximum atomic E-state index is 12.6. The molecule has 0 fully saturated rings. The second kappa shape index (κ2) is 10.9. The molecule has 7 nitrogen and oxygen atoms in total. The van der Waals surface area contributed by atoms with Crippen LogP contribution in [-0.4, -0.2) is 33.5 Å². The second-order valence-electron chi connectivity index (χ2n) is 7.75. The lowest BCUT2D eigenvalue weighted by atomic mass is 10.1. The van der Waals surface area contributed by atoms with E-state index < -0.39 is 0 Å². The number of rotatable bonds is 9. The highest BCUT2D eigenvalue weighted by Crippen LogP contribution is 2.24. The van der Waals surface area contributed by atoms with Crippen LogP contribution in [0, 0.1) is 6.92 Å². The van der Waals surface area contributed by atoms with Crippen molar-refractivity contribution in [3.63, 3.8) is 0 Å². The van der Waals surface area contributed by atoms with Crippen LogP contribution in [-0.2, 0) is 4.79 Å². The third-order valence-electron chi connectivity index (χ3n) is 5.31. The first-order valence-corrected chi connectivity index (χ1v) is 11.9. The van der Waals surface area contributed by atoms with Crippen molar-refractivity contribution in [3.8, 4) is 11.4 Å². The molecule has 1 amide bonds. The van der Waals surface area contributed by atoms with Crippen molar-refractivity contribution >= 4 is 29.0 Å². The lowest BCUT2D eigenvalue weighted by molar-refractivity contribution is -0.113. The largest absolute Gasteiger partial charge is 0.497 e. The van der Waals surface area contributed by atoms with E-state index in [4.69, 9.17) is 4.74 Å². The Balaban J connectivity index is 1.33. The van der Waals surface area contributed by atoms with E-state index in [0.717, 1.165) is 28.6 Å². The molecule has 0 aliphatic carbocycles. The minimum Gasteiger partial charge on any atom is -0.497 e. The molecular formula is C26H27N5O2S. The number of carbonyl (C=O) groups is 1. The molecule has 174 valence electrons. The Labute approximate surface area is 203 Å². The summed E-state index contributed by atoms with van der Waals surface area (Å²) >= 11 is 1.34. The number of carbonyl (C=O) groups excluding carboxylic acids is 1. The van der Waals surface area contributed by atoms with E-state index in [1.54, 1.807) is 7.11 Å². The van der Waals surface area contributed by atoms with Gasteiger partial charge in [-0.2, -0.15) is 0 Å². The fourth-order valence-electron chi connectivity index (χ4n) is 3.52. The fraction of sp³-hybridized carbons (Fsp3) is 0.192. The number of anilines is 2. The number of ether oxygens (including phenoxy) is 1. The minimum atomic E-state index is -0.106. The highest BCUT2D eigenvalue weighted by atomic mass is 32.2. The average molecular weight is 474 g/mol. The van der Waals surface area contributed by atoms with E-state index in [9.17, 15) is 4.79 Å². The van der Waals surface area contributed by atoms with Crippen LogP contribution >= 0.6 is 11.8 Å². The highest BCUT2D eigenvalue weighted by molar-refractivity contribution is 7.99. The number of benzene rings is 3. The summed E-state index contributed by atoms with van der Waals surface area (Å²) in [6.07, 6.45) is 0. The van der Waals surface area contributed by atoms with Crippen LogP contribution in [0.1, 0.15) is 24.4 Å². The lowest BCUT2D eigenvalue weighted by Crippen LogP contribution is -2.14. The molecule has 1 aromatic heterocycles. The average Bonchev–Trinajstić information content (AvgIpc) is 3.24. The summed E-state index contributed by atoms with van der Waals surface area (Å²) in [5.74, 6) is 1.64. The maximum absolute atomic E-state index is 12.6. The summed E-state index contributed by atoms with van der Waals surface area (Å²) in [5.41, 5.74) is 3.87. The molecule has 0 radical (unpaired) electrons. The number of aryl methyl sites for hydroxylation is 1. The van der Waals surface area contributed by atoms with Crippen LogP contribution in [0.2, 0.25) is 0 Å². The molecule has 2 N–H and O–H groups in total. The zero-order valence-electron chi connectivity index (χ0n) is 19.4. The van der Waals surface area contributed by atoms with Gasteiger partial charge in [0.25, 0.3) is 0 Å². The summed E-state index contributed by atoms with van der Waals surface area (Å²) in [7, 11) is 1.63. The summed E-state index contributed by atoms with van der Waals surface area (Å²) in [6, 6.07) is 25.8. The van der Waals surface area contributed by atoms with Crippen LogP contribution in [0.4, 0.5) is 11.4 Å². The molecule has 3 aromatic carbocycles. The predicted octanol–water partition coefficient (Wildman–Crippen LogP) is 5.49. The summed E-state index contributed by atoms with van der Waals surface area (Å²) in [5, 5.41) is 15.5. The smallest absolute Gasteiger partial charge is 0.234 e. The molecule has 0 saturated heterocycles. The fourth-order valence-corrected chi connectivity index (χ4v) is 4.31. The van der Waals surface area contributed by atoms with Crippen LogP contribution in [0.25, 0.3) is 5.69 Å². The van der Waals surface area contributed by atoms with Gasteiger partial charge in [-0.3, -0.25) is 9.36 Å². The van der Waals surface area contributed by atoms with Crippen molar-refractivity contribution in [3.05, 3.63) is 90.3 Å². The van der Waals surface area contributed by atoms with Crippen molar-refractivity contribution in [2.24, 2.45) is 0 Å². The van der Waals surface area contributed by atoms with Gasteiger partial charge >= 0.3 is 0 Å². The molecule has 0 aliphatic heterocycles. The summed E-state index contributed by atoms with van der Waals surface area (Å²) in [6.45, 7) is 4.00. The zero-order valence-corrected chi connectivity index (χ0v) is 20.2. The number of aromatic nitrogens is 3. The third kappa shape index (κ3) is 5.77. The van der Waals surface area contributed by atoms with Crippen molar-refractivity contribution in [1.29, 1.82) is 0 Å². The quantitative estimate of drug-likeness (QED) is 0.313. The molecule has 0 aliphatic rings. The topological polar surface area (TPSA) is 81.1 Å². The first kappa shape index (κ1) is 23.4. The molecule has 0 spiro atoms. The van der Waals surface area contributed by atoms with E-state index in [1.807, 2.05) is 78.2 Å². The summed E-state index contributed by atoms with van der Waals surface area (Å²) < 4.78 is 7.15. The SMILES string of the molecule is COc1ccc(-n2c(C)nnc2SCC(=O)Nc2ccc(NC(C)c3ccccc3)cc2)cc1. The van der Waals surface area contributed by atoms with Crippen molar-refractivity contribution in [1.82, 2.24) is 14.8 Å². The maximum Gasteiger partial charge on any atom is 0.234 e. The first-order chi connectivity index (χ1) is 16.5. The van der Waals surface area contributed by atoms with Crippen molar-refractivity contribution in [2.75, 3.05) is 23.5 Å². The molecule has 4 rings (SSSR count). The number of methoxy groups -OCH3 is 1. The highest BCUT2D eigenvalue weighted by Gasteiger charge is 2.14. The Morgan fingerprint density at radius 3 is 2.32 bits per heavy atom. The van der Waals surface area contributed by atoms with Gasteiger partial charge in [0.05, 0.1) is 12.9 Å². The van der Waals surface area contributed by atoms with Gasteiger partial charge in [-0.05, 0) is 67.9 Å². The Morgan fingerprint density at radius 1 is 0.971 bits per heavy atom. The van der Waals surface area contributed by atoms with Gasteiger partial charge in [0.15, 0.2) is 5.16 Å². The molecular weight excluding hydrogens is 446 g/mol. The number of amides is 1. The number of nitrogens with zero attached hydrogens (tertiary/aromatic N) is 3. The van der Waals surface area contributed by atoms with Gasteiger partial charge < -0.3 is 15.4 Å². The van der Waals surface area contributed by atoms with Crippen molar-refractivity contribution in [2.45, 2.75) is 25.0 Å². The van der Waals surface area contributed by atoms with Crippen LogP contribution < -0.4 is 15.4 Å². The van der Waals surface area contributed by atoms with Crippen molar-refractivity contribution < 1.29 is 9.53 Å². The van der Waals surface area contributed by atoms with Crippen LogP contribution in [0.5, 0.6) is 5.75 Å². The first-order valence-electron chi connectivity index (χ1n) is 10.9. The molecule has 1 unspecified atom stereocenters. The Bertz CT molecular complexity index is 1220. The van der Waals surface area contributed by atoms with Gasteiger partial charge in [0.1, 0.15) is 11.6 Å². The number of hydrogen-bond acceptors (Lipinski definition) is 6. The molecule has 34 heavy (non-hydrogen) atoms. The Morgan fingerprint density at radius 2 is 1.65 bits per heavy atom. The normalized spacial score (nSPS) is 11.6. The molecule has 8 heteroatoms. The molecule has 0 bridgehead atoms. The molecule has 4 aromatic rings. The molecule has 1 heterocycles. The predicted molar refractivity (Wildman–Crippen MR) is 137 cm³/mol. The van der Waals surface area contributed by atoms with Gasteiger partial charge in [0, 0.05) is 23.1 Å². The van der Waals surface area contributed by atoms with Crippen LogP contribution in [0.15, 0.2) is 84.0 Å². The standard InChI is InChI=1S/C26H27N5O2S/c1-18(20-7-5-4-6-8-20)27-21-9-11-22(12-10-21)28-25(32)17-34-26-30-29-19(2)31(26)23-13-15-24(33-3)16-14-23/h4-16,18,27H,17H2,1-3H3,(H,28,32). The Hall–Kier alpha value is -3.78. The van der Waals surface area contributed by atoms with Gasteiger partial charge in [-0.15, -0.1) is 10.2 Å². The van der Waals surface area contributed by atoms with E-state index >= 15 is 0 Å². The number of hydrogen-bond donors (Lipinski definition) is 2. The lowest BCUT2D eigenvalue weighted by Gasteiger charge is -2.16. The summed E-state index contributed by atoms with van der Waals surface area (Å²) in [4.78, 5) is 12.6.